The molecule has 8 heteroatoms. The highest BCUT2D eigenvalue weighted by atomic mass is 32.2. The minimum atomic E-state index is -3.77. The summed E-state index contributed by atoms with van der Waals surface area (Å²) in [6.45, 7) is 0. The summed E-state index contributed by atoms with van der Waals surface area (Å²) < 4.78 is 27.3. The molecule has 7 nitrogen and oxygen atoms in total. The number of nitrogens with one attached hydrogen (secondary N) is 2. The molecule has 0 aliphatic heterocycles. The van der Waals surface area contributed by atoms with Gasteiger partial charge in [-0.25, -0.2) is 13.2 Å². The van der Waals surface area contributed by atoms with E-state index < -0.39 is 21.9 Å². The normalized spacial score (nSPS) is 10.9. The number of rotatable bonds is 6. The number of anilines is 2. The van der Waals surface area contributed by atoms with E-state index in [9.17, 15) is 23.1 Å². The Kier molecular flexibility index (Phi) is 5.42. The fourth-order valence-corrected chi connectivity index (χ4v) is 3.56. The molecular formula is C20H16N2O5S. The van der Waals surface area contributed by atoms with Gasteiger partial charge in [0.25, 0.3) is 15.9 Å². The molecule has 3 aromatic rings. The Morgan fingerprint density at radius 2 is 1.29 bits per heavy atom. The van der Waals surface area contributed by atoms with E-state index in [0.29, 0.717) is 11.4 Å². The molecule has 0 unspecified atom stereocenters. The molecule has 0 aliphatic carbocycles. The molecule has 142 valence electrons. The average Bonchev–Trinajstić information content (AvgIpc) is 2.69. The van der Waals surface area contributed by atoms with Crippen LogP contribution in [0.2, 0.25) is 0 Å². The lowest BCUT2D eigenvalue weighted by Gasteiger charge is -2.10. The van der Waals surface area contributed by atoms with E-state index in [1.807, 2.05) is 0 Å². The van der Waals surface area contributed by atoms with Crippen molar-refractivity contribution in [1.82, 2.24) is 0 Å². The molecule has 1 amide bonds. The van der Waals surface area contributed by atoms with Gasteiger partial charge in [0.2, 0.25) is 0 Å². The summed E-state index contributed by atoms with van der Waals surface area (Å²) in [7, 11) is -3.77. The SMILES string of the molecule is O=C(O)c1ccccc1C(=O)Nc1ccc(S(=O)(=O)Nc2ccccc2)cc1. The third-order valence-electron chi connectivity index (χ3n) is 3.85. The second kappa shape index (κ2) is 7.93. The summed E-state index contributed by atoms with van der Waals surface area (Å²) in [5.41, 5.74) is 0.665. The number of carbonyl (C=O) groups is 2. The van der Waals surface area contributed by atoms with Crippen molar-refractivity contribution in [3.8, 4) is 0 Å². The maximum Gasteiger partial charge on any atom is 0.336 e. The Balaban J connectivity index is 1.76. The molecule has 28 heavy (non-hydrogen) atoms. The van der Waals surface area contributed by atoms with Gasteiger partial charge in [-0.15, -0.1) is 0 Å². The topological polar surface area (TPSA) is 113 Å². The van der Waals surface area contributed by atoms with Crippen molar-refractivity contribution in [1.29, 1.82) is 0 Å². The van der Waals surface area contributed by atoms with E-state index in [1.165, 1.54) is 42.5 Å². The van der Waals surface area contributed by atoms with Crippen LogP contribution < -0.4 is 10.0 Å². The number of hydrogen-bond acceptors (Lipinski definition) is 4. The Morgan fingerprint density at radius 3 is 1.89 bits per heavy atom. The van der Waals surface area contributed by atoms with Gasteiger partial charge in [0.15, 0.2) is 0 Å². The Hall–Kier alpha value is -3.65. The quantitative estimate of drug-likeness (QED) is 0.591. The summed E-state index contributed by atoms with van der Waals surface area (Å²) in [4.78, 5) is 23.6. The van der Waals surface area contributed by atoms with Crippen molar-refractivity contribution in [2.24, 2.45) is 0 Å². The highest BCUT2D eigenvalue weighted by Crippen LogP contribution is 2.19. The zero-order chi connectivity index (χ0) is 20.1. The van der Waals surface area contributed by atoms with E-state index in [2.05, 4.69) is 10.0 Å². The van der Waals surface area contributed by atoms with Gasteiger partial charge in [0, 0.05) is 11.4 Å². The molecule has 0 heterocycles. The summed E-state index contributed by atoms with van der Waals surface area (Å²) in [6.07, 6.45) is 0. The molecule has 3 rings (SSSR count). The average molecular weight is 396 g/mol. The van der Waals surface area contributed by atoms with Crippen molar-refractivity contribution in [2.75, 3.05) is 10.0 Å². The van der Waals surface area contributed by atoms with Crippen LogP contribution in [0.3, 0.4) is 0 Å². The number of carbonyl (C=O) groups excluding carboxylic acids is 1. The Morgan fingerprint density at radius 1 is 0.714 bits per heavy atom. The molecule has 0 atom stereocenters. The molecule has 0 saturated heterocycles. The van der Waals surface area contributed by atoms with Crippen molar-refractivity contribution in [3.63, 3.8) is 0 Å². The molecule has 3 N–H and O–H groups in total. The van der Waals surface area contributed by atoms with Crippen molar-refractivity contribution in [3.05, 3.63) is 90.0 Å². The van der Waals surface area contributed by atoms with Gasteiger partial charge >= 0.3 is 5.97 Å². The predicted molar refractivity (Wildman–Crippen MR) is 105 cm³/mol. The zero-order valence-electron chi connectivity index (χ0n) is 14.5. The lowest BCUT2D eigenvalue weighted by molar-refractivity contribution is 0.0692. The largest absolute Gasteiger partial charge is 0.478 e. The van der Waals surface area contributed by atoms with Crippen LogP contribution in [-0.2, 0) is 10.0 Å². The van der Waals surface area contributed by atoms with Crippen LogP contribution in [0.1, 0.15) is 20.7 Å². The standard InChI is InChI=1S/C20H16N2O5S/c23-19(17-8-4-5-9-18(17)20(24)25)21-14-10-12-16(13-11-14)28(26,27)22-15-6-2-1-3-7-15/h1-13,22H,(H,21,23)(H,24,25). The first kappa shape index (κ1) is 19.1. The van der Waals surface area contributed by atoms with E-state index in [-0.39, 0.29) is 16.0 Å². The number of sulfonamides is 1. The van der Waals surface area contributed by atoms with Crippen molar-refractivity contribution in [2.45, 2.75) is 4.90 Å². The number of hydrogen-bond donors (Lipinski definition) is 3. The van der Waals surface area contributed by atoms with E-state index >= 15 is 0 Å². The van der Waals surface area contributed by atoms with Gasteiger partial charge < -0.3 is 10.4 Å². The number of carboxylic acids is 1. The molecule has 0 bridgehead atoms. The monoisotopic (exact) mass is 396 g/mol. The first-order valence-corrected chi connectivity index (χ1v) is 9.67. The number of amides is 1. The van der Waals surface area contributed by atoms with Gasteiger partial charge in [0.1, 0.15) is 0 Å². The molecule has 0 radical (unpaired) electrons. The first-order valence-electron chi connectivity index (χ1n) is 8.18. The maximum atomic E-state index is 12.4. The van der Waals surface area contributed by atoms with E-state index in [0.717, 1.165) is 0 Å². The highest BCUT2D eigenvalue weighted by molar-refractivity contribution is 7.92. The van der Waals surface area contributed by atoms with Gasteiger partial charge in [-0.3, -0.25) is 9.52 Å². The van der Waals surface area contributed by atoms with Crippen LogP contribution in [0.4, 0.5) is 11.4 Å². The maximum absolute atomic E-state index is 12.4. The molecule has 0 aliphatic rings. The van der Waals surface area contributed by atoms with Crippen molar-refractivity contribution < 1.29 is 23.1 Å². The van der Waals surface area contributed by atoms with E-state index in [1.54, 1.807) is 36.4 Å². The van der Waals surface area contributed by atoms with Crippen LogP contribution in [0, 0.1) is 0 Å². The second-order valence-corrected chi connectivity index (χ2v) is 7.48. The summed E-state index contributed by atoms with van der Waals surface area (Å²) >= 11 is 0. The molecule has 0 fully saturated rings. The van der Waals surface area contributed by atoms with Crippen LogP contribution in [0.25, 0.3) is 0 Å². The zero-order valence-corrected chi connectivity index (χ0v) is 15.3. The molecular weight excluding hydrogens is 380 g/mol. The number of benzene rings is 3. The smallest absolute Gasteiger partial charge is 0.336 e. The molecule has 0 spiro atoms. The van der Waals surface area contributed by atoms with Crippen LogP contribution in [0.5, 0.6) is 0 Å². The third-order valence-corrected chi connectivity index (χ3v) is 5.25. The molecule has 0 saturated carbocycles. The van der Waals surface area contributed by atoms with Crippen LogP contribution in [0.15, 0.2) is 83.8 Å². The van der Waals surface area contributed by atoms with Gasteiger partial charge in [0.05, 0.1) is 16.0 Å². The van der Waals surface area contributed by atoms with Crippen LogP contribution in [-0.4, -0.2) is 25.4 Å². The van der Waals surface area contributed by atoms with E-state index in [4.69, 9.17) is 0 Å². The first-order chi connectivity index (χ1) is 13.4. The van der Waals surface area contributed by atoms with Gasteiger partial charge in [-0.05, 0) is 48.5 Å². The van der Waals surface area contributed by atoms with Gasteiger partial charge in [-0.2, -0.15) is 0 Å². The molecule has 3 aromatic carbocycles. The second-order valence-electron chi connectivity index (χ2n) is 5.80. The number of carboxylic acid groups (broad SMARTS) is 1. The lowest BCUT2D eigenvalue weighted by Crippen LogP contribution is -2.16. The molecule has 0 aromatic heterocycles. The number of aromatic carboxylic acids is 1. The predicted octanol–water partition coefficient (Wildman–Crippen LogP) is 3.44. The van der Waals surface area contributed by atoms with Crippen molar-refractivity contribution >= 4 is 33.3 Å². The highest BCUT2D eigenvalue weighted by Gasteiger charge is 2.17. The Labute approximate surface area is 161 Å². The summed E-state index contributed by atoms with van der Waals surface area (Å²) in [5.74, 6) is -1.81. The third kappa shape index (κ3) is 4.36. The van der Waals surface area contributed by atoms with Crippen LogP contribution >= 0.6 is 0 Å². The number of para-hydroxylation sites is 1. The summed E-state index contributed by atoms with van der Waals surface area (Å²) in [5, 5.41) is 11.7. The lowest BCUT2D eigenvalue weighted by atomic mass is 10.1. The minimum Gasteiger partial charge on any atom is -0.478 e. The fourth-order valence-electron chi connectivity index (χ4n) is 2.50. The fraction of sp³-hybridized carbons (Fsp3) is 0. The Bertz CT molecular complexity index is 1110. The minimum absolute atomic E-state index is 0.0115. The van der Waals surface area contributed by atoms with Gasteiger partial charge in [-0.1, -0.05) is 30.3 Å². The summed E-state index contributed by atoms with van der Waals surface area (Å²) in [6, 6.07) is 19.9.